The normalized spacial score (nSPS) is 15.5. The zero-order valence-corrected chi connectivity index (χ0v) is 30.7. The number of nitrogens with one attached hydrogen (secondary N) is 1. The second-order valence-electron chi connectivity index (χ2n) is 14.8. The minimum Gasteiger partial charge on any atom is -0.454 e. The van der Waals surface area contributed by atoms with Gasteiger partial charge in [0.15, 0.2) is 5.58 Å². The molecule has 8 aromatic carbocycles. The van der Waals surface area contributed by atoms with Crippen LogP contribution in [-0.4, -0.2) is 4.57 Å². The Morgan fingerprint density at radius 3 is 2.24 bits per heavy atom. The molecule has 3 aromatic heterocycles. The van der Waals surface area contributed by atoms with Gasteiger partial charge in [0.2, 0.25) is 0 Å². The molecule has 2 atom stereocenters. The van der Waals surface area contributed by atoms with Gasteiger partial charge in [-0.05, 0) is 70.6 Å². The number of para-hydroxylation sites is 3. The molecule has 0 saturated carbocycles. The highest BCUT2D eigenvalue weighted by Crippen LogP contribution is 2.48. The van der Waals surface area contributed by atoms with Crippen molar-refractivity contribution in [2.45, 2.75) is 18.4 Å². The van der Waals surface area contributed by atoms with Crippen molar-refractivity contribution in [3.05, 3.63) is 193 Å². The Labute approximate surface area is 321 Å². The highest BCUT2D eigenvalue weighted by Gasteiger charge is 2.33. The van der Waals surface area contributed by atoms with E-state index in [0.717, 1.165) is 34.0 Å². The molecule has 0 aliphatic carbocycles. The van der Waals surface area contributed by atoms with Crippen LogP contribution in [0.1, 0.15) is 28.7 Å². The van der Waals surface area contributed by atoms with Crippen molar-refractivity contribution in [1.29, 1.82) is 0 Å². The Morgan fingerprint density at radius 1 is 0.564 bits per heavy atom. The van der Waals surface area contributed by atoms with Crippen LogP contribution in [0.2, 0.25) is 0 Å². The van der Waals surface area contributed by atoms with Gasteiger partial charge in [-0.3, -0.25) is 0 Å². The lowest BCUT2D eigenvalue weighted by Crippen LogP contribution is -2.13. The molecule has 55 heavy (non-hydrogen) atoms. The lowest BCUT2D eigenvalue weighted by Gasteiger charge is -2.22. The first kappa shape index (κ1) is 30.8. The van der Waals surface area contributed by atoms with Gasteiger partial charge in [-0.15, -0.1) is 11.3 Å². The molecular formula is C51H34N2OS. The van der Waals surface area contributed by atoms with Crippen molar-refractivity contribution in [3.8, 4) is 16.8 Å². The number of nitrogens with zero attached hydrogens (tertiary/aromatic N) is 1. The first-order chi connectivity index (χ1) is 27.3. The monoisotopic (exact) mass is 722 g/mol. The number of rotatable bonds is 5. The van der Waals surface area contributed by atoms with Gasteiger partial charge in [0, 0.05) is 53.3 Å². The molecule has 0 bridgehead atoms. The maximum atomic E-state index is 6.89. The van der Waals surface area contributed by atoms with Crippen LogP contribution in [0, 0.1) is 0 Å². The number of benzene rings is 8. The Morgan fingerprint density at radius 2 is 1.33 bits per heavy atom. The van der Waals surface area contributed by atoms with E-state index in [4.69, 9.17) is 4.42 Å². The second-order valence-corrected chi connectivity index (χ2v) is 15.9. The predicted octanol–water partition coefficient (Wildman–Crippen LogP) is 14.2. The van der Waals surface area contributed by atoms with E-state index >= 15 is 0 Å². The van der Waals surface area contributed by atoms with Crippen LogP contribution in [0.3, 0.4) is 0 Å². The molecule has 0 fully saturated rings. The van der Waals surface area contributed by atoms with E-state index < -0.39 is 0 Å². The number of hydrogen-bond donors (Lipinski definition) is 1. The Hall–Kier alpha value is -6.62. The van der Waals surface area contributed by atoms with E-state index in [9.17, 15) is 0 Å². The molecule has 1 aliphatic heterocycles. The van der Waals surface area contributed by atoms with Crippen LogP contribution in [0.25, 0.3) is 80.7 Å². The van der Waals surface area contributed by atoms with Crippen LogP contribution in [0.5, 0.6) is 0 Å². The van der Waals surface area contributed by atoms with Crippen molar-refractivity contribution >= 4 is 80.9 Å². The average Bonchev–Trinajstić information content (AvgIpc) is 4.00. The van der Waals surface area contributed by atoms with Crippen molar-refractivity contribution in [2.75, 3.05) is 5.32 Å². The molecule has 260 valence electrons. The average molecular weight is 723 g/mol. The fourth-order valence-corrected chi connectivity index (χ4v) is 10.7. The van der Waals surface area contributed by atoms with Gasteiger partial charge in [0.25, 0.3) is 0 Å². The summed E-state index contributed by atoms with van der Waals surface area (Å²) < 4.78 is 11.9. The molecule has 1 N–H and O–H groups in total. The van der Waals surface area contributed by atoms with Gasteiger partial charge in [0.05, 0.1) is 22.8 Å². The SMILES string of the molecule is c1ccc(CC2c3ccccc3NC2c2ccc(-c3cccc4oc5c(-n6c7ccccc7c7c8sc9ccccc9c8ccc76)cccc5c34)cc2)cc1. The standard InChI is InChI=1S/C51H34N2OS/c1-2-12-31(13-3-1)30-40-35-14-4-7-19-41(35)52-49(40)33-26-24-32(25-27-33)34-17-11-22-45-47(34)39-18-10-21-44(50(39)54-45)53-42-20-8-5-16-38(42)48-43(53)29-28-37-36-15-6-9-23-46(36)55-51(37)48/h1-29,40,49,52H,30H2. The van der Waals surface area contributed by atoms with Crippen molar-refractivity contribution in [3.63, 3.8) is 0 Å². The molecule has 4 heteroatoms. The third-order valence-corrected chi connectivity index (χ3v) is 13.1. The second kappa shape index (κ2) is 11.9. The number of fused-ring (bicyclic) bond motifs is 11. The Balaban J connectivity index is 0.987. The summed E-state index contributed by atoms with van der Waals surface area (Å²) in [6, 6.07) is 64.3. The first-order valence-corrected chi connectivity index (χ1v) is 19.9. The summed E-state index contributed by atoms with van der Waals surface area (Å²) in [6.45, 7) is 0. The minimum atomic E-state index is 0.194. The Kier molecular flexibility index (Phi) is 6.69. The molecule has 1 aliphatic rings. The van der Waals surface area contributed by atoms with Crippen LogP contribution in [-0.2, 0) is 6.42 Å². The smallest absolute Gasteiger partial charge is 0.159 e. The largest absolute Gasteiger partial charge is 0.454 e. The fraction of sp³-hybridized carbons (Fsp3) is 0.0588. The topological polar surface area (TPSA) is 30.1 Å². The van der Waals surface area contributed by atoms with Gasteiger partial charge in [-0.2, -0.15) is 0 Å². The summed E-state index contributed by atoms with van der Waals surface area (Å²) in [5.74, 6) is 0.347. The van der Waals surface area contributed by atoms with Crippen LogP contribution in [0.4, 0.5) is 5.69 Å². The summed E-state index contributed by atoms with van der Waals surface area (Å²) in [6.07, 6.45) is 0.987. The zero-order chi connectivity index (χ0) is 36.0. The summed E-state index contributed by atoms with van der Waals surface area (Å²) in [4.78, 5) is 0. The maximum Gasteiger partial charge on any atom is 0.159 e. The van der Waals surface area contributed by atoms with Crippen LogP contribution < -0.4 is 5.32 Å². The van der Waals surface area contributed by atoms with Crippen LogP contribution >= 0.6 is 11.3 Å². The van der Waals surface area contributed by atoms with E-state index in [0.29, 0.717) is 5.92 Å². The number of hydrogen-bond acceptors (Lipinski definition) is 3. The first-order valence-electron chi connectivity index (χ1n) is 19.1. The molecule has 4 heterocycles. The molecule has 12 rings (SSSR count). The molecule has 3 nitrogen and oxygen atoms in total. The fourth-order valence-electron chi connectivity index (χ4n) is 9.42. The number of thiophene rings is 1. The summed E-state index contributed by atoms with van der Waals surface area (Å²) in [5.41, 5.74) is 12.9. The van der Waals surface area contributed by atoms with E-state index in [1.807, 2.05) is 11.3 Å². The highest BCUT2D eigenvalue weighted by atomic mass is 32.1. The van der Waals surface area contributed by atoms with E-state index in [1.54, 1.807) is 0 Å². The van der Waals surface area contributed by atoms with Gasteiger partial charge in [0.1, 0.15) is 5.58 Å². The Bertz CT molecular complexity index is 3280. The minimum absolute atomic E-state index is 0.194. The molecule has 0 spiro atoms. The van der Waals surface area contributed by atoms with Gasteiger partial charge >= 0.3 is 0 Å². The molecule has 0 saturated heterocycles. The zero-order valence-electron chi connectivity index (χ0n) is 29.9. The van der Waals surface area contributed by atoms with E-state index in [-0.39, 0.29) is 6.04 Å². The van der Waals surface area contributed by atoms with E-state index in [1.165, 1.54) is 75.5 Å². The van der Waals surface area contributed by atoms with Crippen molar-refractivity contribution < 1.29 is 4.42 Å². The highest BCUT2D eigenvalue weighted by molar-refractivity contribution is 7.26. The van der Waals surface area contributed by atoms with Gasteiger partial charge in [-0.1, -0.05) is 140 Å². The summed E-state index contributed by atoms with van der Waals surface area (Å²) in [7, 11) is 0. The van der Waals surface area contributed by atoms with Gasteiger partial charge in [-0.25, -0.2) is 0 Å². The number of aromatic nitrogens is 1. The van der Waals surface area contributed by atoms with Gasteiger partial charge < -0.3 is 14.3 Å². The quantitative estimate of drug-likeness (QED) is 0.192. The molecule has 0 radical (unpaired) electrons. The summed E-state index contributed by atoms with van der Waals surface area (Å²) >= 11 is 1.89. The molecule has 11 aromatic rings. The molecule has 2 unspecified atom stereocenters. The molecular weight excluding hydrogens is 689 g/mol. The molecule has 0 amide bonds. The number of anilines is 1. The van der Waals surface area contributed by atoms with E-state index in [2.05, 4.69) is 186 Å². The summed E-state index contributed by atoms with van der Waals surface area (Å²) in [5, 5.41) is 11.3. The lowest BCUT2D eigenvalue weighted by atomic mass is 9.85. The third-order valence-electron chi connectivity index (χ3n) is 11.9. The lowest BCUT2D eigenvalue weighted by molar-refractivity contribution is 0.617. The van der Waals surface area contributed by atoms with Crippen molar-refractivity contribution in [1.82, 2.24) is 4.57 Å². The van der Waals surface area contributed by atoms with Crippen molar-refractivity contribution in [2.24, 2.45) is 0 Å². The predicted molar refractivity (Wildman–Crippen MR) is 232 cm³/mol. The third kappa shape index (κ3) is 4.62. The maximum absolute atomic E-state index is 6.89. The number of furan rings is 1. The van der Waals surface area contributed by atoms with Crippen LogP contribution in [0.15, 0.2) is 180 Å².